The zero-order valence-electron chi connectivity index (χ0n) is 26.5. The molecule has 4 aliphatic rings. The molecule has 3 heterocycles. The molecule has 1 spiro atoms. The number of carbonyl (C=O) groups excluding carboxylic acids is 3. The van der Waals surface area contributed by atoms with Crippen molar-refractivity contribution >= 4 is 35.2 Å². The molecule has 1 N–H and O–H groups in total. The van der Waals surface area contributed by atoms with Gasteiger partial charge in [0.1, 0.15) is 11.8 Å². The normalized spacial score (nSPS) is 28.6. The van der Waals surface area contributed by atoms with Crippen LogP contribution in [-0.4, -0.2) is 87.1 Å². The van der Waals surface area contributed by atoms with Crippen molar-refractivity contribution in [2.24, 2.45) is 17.8 Å². The molecule has 4 fully saturated rings. The second-order valence-corrected chi connectivity index (χ2v) is 14.6. The lowest BCUT2D eigenvalue weighted by Crippen LogP contribution is -2.60. The van der Waals surface area contributed by atoms with E-state index in [4.69, 9.17) is 4.74 Å². The number of rotatable bonds is 13. The van der Waals surface area contributed by atoms with E-state index < -0.39 is 28.7 Å². The Balaban J connectivity index is 1.54. The molecule has 5 rings (SSSR count). The number of likely N-dealkylation sites (tertiary alicyclic amines) is 1. The fourth-order valence-corrected chi connectivity index (χ4v) is 10.5. The third kappa shape index (κ3) is 5.59. The fourth-order valence-electron chi connectivity index (χ4n) is 8.26. The number of aliphatic hydroxyl groups is 1. The van der Waals surface area contributed by atoms with Gasteiger partial charge in [0, 0.05) is 30.1 Å². The number of hydrogen-bond acceptors (Lipinski definition) is 6. The van der Waals surface area contributed by atoms with Crippen LogP contribution in [0.1, 0.15) is 65.7 Å². The minimum Gasteiger partial charge on any atom is -0.494 e. The summed E-state index contributed by atoms with van der Waals surface area (Å²) in [5.41, 5.74) is 0.722. The number of carbonyl (C=O) groups is 3. The number of hydrogen-bond donors (Lipinski definition) is 1. The number of aliphatic hydroxyl groups excluding tert-OH is 1. The van der Waals surface area contributed by atoms with Crippen LogP contribution in [0.15, 0.2) is 49.6 Å². The average molecular weight is 624 g/mol. The molecule has 2 bridgehead atoms. The van der Waals surface area contributed by atoms with Crippen LogP contribution < -0.4 is 9.64 Å². The summed E-state index contributed by atoms with van der Waals surface area (Å²) in [5.74, 6) is -0.867. The van der Waals surface area contributed by atoms with Crippen molar-refractivity contribution in [1.29, 1.82) is 0 Å². The van der Waals surface area contributed by atoms with Crippen LogP contribution >= 0.6 is 11.8 Å². The van der Waals surface area contributed by atoms with Gasteiger partial charge in [0.2, 0.25) is 17.7 Å². The van der Waals surface area contributed by atoms with Gasteiger partial charge < -0.3 is 24.5 Å². The molecule has 3 saturated heterocycles. The predicted molar refractivity (Wildman–Crippen MR) is 176 cm³/mol. The van der Waals surface area contributed by atoms with Gasteiger partial charge in [-0.15, -0.1) is 24.9 Å². The second kappa shape index (κ2) is 13.7. The molecule has 8 nitrogen and oxygen atoms in total. The zero-order valence-corrected chi connectivity index (χ0v) is 27.3. The van der Waals surface area contributed by atoms with E-state index in [2.05, 4.69) is 13.2 Å². The minimum atomic E-state index is -0.729. The maximum Gasteiger partial charge on any atom is 0.247 e. The number of amides is 3. The Hall–Kier alpha value is -2.78. The van der Waals surface area contributed by atoms with Crippen LogP contribution in [-0.2, 0) is 14.4 Å². The molecule has 1 aromatic carbocycles. The number of ether oxygens (including phenoxy) is 1. The van der Waals surface area contributed by atoms with Crippen LogP contribution in [0, 0.1) is 17.8 Å². The summed E-state index contributed by atoms with van der Waals surface area (Å²) >= 11 is 1.68. The lowest BCUT2D eigenvalue weighted by Gasteiger charge is -2.43. The van der Waals surface area contributed by atoms with Crippen LogP contribution in [0.4, 0.5) is 5.69 Å². The van der Waals surface area contributed by atoms with Crippen molar-refractivity contribution in [3.63, 3.8) is 0 Å². The first-order valence-electron chi connectivity index (χ1n) is 16.4. The standard InChI is InChI=1S/C35H49N3O5S/c1-6-20-36(25-14-16-26(17-15-25)43-8-3)32(40)29-28-18-19-35(44-28)30(29)33(41)38(27(22-39)23(4)5)31(35)34(42)37(21-7-2)24-12-10-9-11-13-24/h6-7,14-17,23-24,27-31,39H,1-2,8-13,18-22H2,3-5H3/t27-,28-,29+,30-,31?,35?/m0/s1. The van der Waals surface area contributed by atoms with Crippen LogP contribution in [0.5, 0.6) is 5.75 Å². The van der Waals surface area contributed by atoms with Crippen LogP contribution in [0.25, 0.3) is 0 Å². The van der Waals surface area contributed by atoms with E-state index in [0.717, 1.165) is 43.5 Å². The Morgan fingerprint density at radius 2 is 1.77 bits per heavy atom. The zero-order chi connectivity index (χ0) is 31.6. The van der Waals surface area contributed by atoms with Gasteiger partial charge in [-0.05, 0) is 62.8 Å². The molecular formula is C35H49N3O5S. The van der Waals surface area contributed by atoms with Gasteiger partial charge in [-0.2, -0.15) is 0 Å². The molecule has 1 saturated carbocycles. The lowest BCUT2D eigenvalue weighted by molar-refractivity contribution is -0.148. The highest BCUT2D eigenvalue weighted by Gasteiger charge is 2.75. The van der Waals surface area contributed by atoms with Crippen molar-refractivity contribution in [1.82, 2.24) is 9.80 Å². The lowest BCUT2D eigenvalue weighted by atomic mass is 9.70. The molecule has 9 heteroatoms. The summed E-state index contributed by atoms with van der Waals surface area (Å²) in [6.45, 7) is 14.8. The van der Waals surface area contributed by atoms with E-state index in [-0.39, 0.29) is 41.5 Å². The quantitative estimate of drug-likeness (QED) is 0.309. The third-order valence-electron chi connectivity index (χ3n) is 10.2. The number of nitrogens with zero attached hydrogens (tertiary/aromatic N) is 3. The highest BCUT2D eigenvalue weighted by molar-refractivity contribution is 8.02. The molecule has 0 aromatic heterocycles. The van der Waals surface area contributed by atoms with Gasteiger partial charge in [0.25, 0.3) is 0 Å². The van der Waals surface area contributed by atoms with Gasteiger partial charge in [-0.1, -0.05) is 45.3 Å². The Morgan fingerprint density at radius 1 is 1.09 bits per heavy atom. The van der Waals surface area contributed by atoms with Crippen molar-refractivity contribution < 1.29 is 24.2 Å². The summed E-state index contributed by atoms with van der Waals surface area (Å²) in [5, 5.41) is 10.5. The molecule has 44 heavy (non-hydrogen) atoms. The summed E-state index contributed by atoms with van der Waals surface area (Å²) in [6.07, 6.45) is 10.2. The number of fused-ring (bicyclic) bond motifs is 1. The Bertz CT molecular complexity index is 1230. The number of benzene rings is 1. The fraction of sp³-hybridized carbons (Fsp3) is 0.629. The van der Waals surface area contributed by atoms with E-state index >= 15 is 0 Å². The SMILES string of the molecule is C=CCN(C(=O)[C@@H]1[C@@H]2CCC3(S2)C(C(=O)N(CC=C)C2CCCCC2)N([C@@H](CO)C(C)C)C(=O)[C@H]13)c1ccc(OCC)cc1. The van der Waals surface area contributed by atoms with E-state index in [1.807, 2.05) is 49.9 Å². The van der Waals surface area contributed by atoms with Crippen molar-refractivity contribution in [3.05, 3.63) is 49.6 Å². The molecule has 1 aliphatic carbocycles. The molecule has 0 radical (unpaired) electrons. The highest BCUT2D eigenvalue weighted by Crippen LogP contribution is 2.67. The Morgan fingerprint density at radius 3 is 2.36 bits per heavy atom. The minimum absolute atomic E-state index is 0.0533. The van der Waals surface area contributed by atoms with Gasteiger partial charge in [-0.3, -0.25) is 14.4 Å². The smallest absolute Gasteiger partial charge is 0.247 e. The van der Waals surface area contributed by atoms with Gasteiger partial charge in [-0.25, -0.2) is 0 Å². The van der Waals surface area contributed by atoms with Crippen LogP contribution in [0.3, 0.4) is 0 Å². The van der Waals surface area contributed by atoms with E-state index in [1.165, 1.54) is 6.42 Å². The summed E-state index contributed by atoms with van der Waals surface area (Å²) in [4.78, 5) is 49.5. The highest BCUT2D eigenvalue weighted by atomic mass is 32.2. The number of anilines is 1. The first-order valence-corrected chi connectivity index (χ1v) is 17.3. The molecule has 2 unspecified atom stereocenters. The Kier molecular flexibility index (Phi) is 10.1. The van der Waals surface area contributed by atoms with E-state index in [0.29, 0.717) is 26.1 Å². The molecule has 3 aliphatic heterocycles. The topological polar surface area (TPSA) is 90.4 Å². The second-order valence-electron chi connectivity index (χ2n) is 13.0. The summed E-state index contributed by atoms with van der Waals surface area (Å²) in [7, 11) is 0. The first kappa shape index (κ1) is 32.6. The summed E-state index contributed by atoms with van der Waals surface area (Å²) < 4.78 is 4.90. The van der Waals surface area contributed by atoms with Crippen molar-refractivity contribution in [3.8, 4) is 5.75 Å². The molecular weight excluding hydrogens is 574 g/mol. The number of thioether (sulfide) groups is 1. The molecule has 1 aromatic rings. The molecule has 3 amide bonds. The monoisotopic (exact) mass is 623 g/mol. The first-order chi connectivity index (χ1) is 21.2. The van der Waals surface area contributed by atoms with Gasteiger partial charge in [0.15, 0.2) is 0 Å². The summed E-state index contributed by atoms with van der Waals surface area (Å²) in [6, 6.07) is 6.31. The predicted octanol–water partition coefficient (Wildman–Crippen LogP) is 5.06. The van der Waals surface area contributed by atoms with Gasteiger partial charge in [0.05, 0.1) is 35.8 Å². The average Bonchev–Trinajstić information content (AvgIpc) is 3.67. The maximum atomic E-state index is 14.8. The molecule has 240 valence electrons. The van der Waals surface area contributed by atoms with Crippen molar-refractivity contribution in [2.45, 2.75) is 93.8 Å². The van der Waals surface area contributed by atoms with E-state index in [9.17, 15) is 19.5 Å². The van der Waals surface area contributed by atoms with Crippen molar-refractivity contribution in [2.75, 3.05) is 31.2 Å². The maximum absolute atomic E-state index is 14.8. The molecule has 6 atom stereocenters. The van der Waals surface area contributed by atoms with E-state index in [1.54, 1.807) is 33.7 Å². The van der Waals surface area contributed by atoms with Crippen LogP contribution in [0.2, 0.25) is 0 Å². The largest absolute Gasteiger partial charge is 0.494 e. The third-order valence-corrected chi connectivity index (χ3v) is 12.2. The van der Waals surface area contributed by atoms with Gasteiger partial charge >= 0.3 is 0 Å². The Labute approximate surface area is 266 Å².